The summed E-state index contributed by atoms with van der Waals surface area (Å²) < 4.78 is 5.75. The maximum absolute atomic E-state index is 13.2. The van der Waals surface area contributed by atoms with Gasteiger partial charge in [0.1, 0.15) is 11.4 Å². The van der Waals surface area contributed by atoms with E-state index in [1.807, 2.05) is 6.07 Å². The molecule has 6 nitrogen and oxygen atoms in total. The first-order valence-corrected chi connectivity index (χ1v) is 9.91. The minimum atomic E-state index is -0.417. The zero-order valence-electron chi connectivity index (χ0n) is 14.8. The van der Waals surface area contributed by atoms with Crippen LogP contribution in [0.1, 0.15) is 27.1 Å². The molecular weight excluding hydrogens is 422 g/mol. The van der Waals surface area contributed by atoms with Crippen molar-refractivity contribution in [2.24, 2.45) is 0 Å². The minimum Gasteiger partial charge on any atom is -0.493 e. The van der Waals surface area contributed by atoms with Crippen LogP contribution in [0.5, 0.6) is 5.75 Å². The summed E-state index contributed by atoms with van der Waals surface area (Å²) in [6.45, 7) is 0.454. The smallest absolute Gasteiger partial charge is 0.269 e. The van der Waals surface area contributed by atoms with E-state index in [4.69, 9.17) is 4.74 Å². The average Bonchev–Trinajstić information content (AvgIpc) is 3.00. The molecule has 2 aromatic heterocycles. The predicted molar refractivity (Wildman–Crippen MR) is 109 cm³/mol. The molecule has 0 atom stereocenters. The first-order valence-electron chi connectivity index (χ1n) is 8.79. The van der Waals surface area contributed by atoms with Gasteiger partial charge in [0.05, 0.1) is 29.1 Å². The molecule has 140 valence electrons. The molecule has 0 radical (unpaired) electrons. The Morgan fingerprint density at radius 3 is 2.57 bits per heavy atom. The van der Waals surface area contributed by atoms with E-state index >= 15 is 0 Å². The number of rotatable bonds is 6. The lowest BCUT2D eigenvalue weighted by molar-refractivity contribution is 0.0925. The predicted octanol–water partition coefficient (Wildman–Crippen LogP) is 4.11. The standard InChI is InChI=1S/C21H16BrN3O3/c22-10-5-13-28-17-9-3-6-14-18(17)21(27)25(20(14)26)16-8-4-12-24-19(16)15-7-1-2-11-23-15/h1-4,6-9,11-12H,5,10,13H2. The second-order valence-corrected chi connectivity index (χ2v) is 6.89. The first kappa shape index (κ1) is 18.3. The molecule has 0 aliphatic carbocycles. The molecular formula is C21H16BrN3O3. The molecule has 0 fully saturated rings. The topological polar surface area (TPSA) is 72.4 Å². The molecule has 4 rings (SSSR count). The van der Waals surface area contributed by atoms with Gasteiger partial charge in [0.25, 0.3) is 11.8 Å². The number of fused-ring (bicyclic) bond motifs is 1. The lowest BCUT2D eigenvalue weighted by atomic mass is 10.1. The van der Waals surface area contributed by atoms with Gasteiger partial charge in [-0.2, -0.15) is 0 Å². The maximum Gasteiger partial charge on any atom is 0.269 e. The Balaban J connectivity index is 1.77. The van der Waals surface area contributed by atoms with Crippen molar-refractivity contribution < 1.29 is 14.3 Å². The summed E-state index contributed by atoms with van der Waals surface area (Å²) >= 11 is 3.35. The summed E-state index contributed by atoms with van der Waals surface area (Å²) in [5.74, 6) is -0.390. The lowest BCUT2D eigenvalue weighted by Gasteiger charge is -2.17. The number of hydrogen-bond donors (Lipinski definition) is 0. The Morgan fingerprint density at radius 1 is 0.929 bits per heavy atom. The number of carbonyl (C=O) groups is 2. The summed E-state index contributed by atoms with van der Waals surface area (Å²) in [6.07, 6.45) is 4.05. The number of benzene rings is 1. The number of hydrogen-bond acceptors (Lipinski definition) is 5. The highest BCUT2D eigenvalue weighted by atomic mass is 79.9. The highest BCUT2D eigenvalue weighted by molar-refractivity contribution is 9.09. The van der Waals surface area contributed by atoms with Crippen LogP contribution in [-0.4, -0.2) is 33.7 Å². The highest BCUT2D eigenvalue weighted by Crippen LogP contribution is 2.37. The molecule has 1 aliphatic heterocycles. The summed E-state index contributed by atoms with van der Waals surface area (Å²) in [4.78, 5) is 36.1. The zero-order valence-corrected chi connectivity index (χ0v) is 16.4. The number of nitrogens with zero attached hydrogens (tertiary/aromatic N) is 3. The van der Waals surface area contributed by atoms with Crippen LogP contribution < -0.4 is 9.64 Å². The SMILES string of the molecule is O=C1c2cccc(OCCCBr)c2C(=O)N1c1cccnc1-c1ccccn1. The van der Waals surface area contributed by atoms with Gasteiger partial charge in [-0.1, -0.05) is 28.1 Å². The molecule has 0 saturated heterocycles. The van der Waals surface area contributed by atoms with Crippen molar-refractivity contribution in [3.8, 4) is 17.1 Å². The van der Waals surface area contributed by atoms with Crippen molar-refractivity contribution in [3.63, 3.8) is 0 Å². The summed E-state index contributed by atoms with van der Waals surface area (Å²) in [5.41, 5.74) is 2.08. The van der Waals surface area contributed by atoms with Gasteiger partial charge in [0, 0.05) is 17.7 Å². The van der Waals surface area contributed by atoms with Crippen molar-refractivity contribution in [1.82, 2.24) is 9.97 Å². The number of halogens is 1. The molecule has 0 saturated carbocycles. The quantitative estimate of drug-likeness (QED) is 0.329. The third-order valence-electron chi connectivity index (χ3n) is 4.35. The normalized spacial score (nSPS) is 13.0. The Hall–Kier alpha value is -3.06. The summed E-state index contributed by atoms with van der Waals surface area (Å²) in [5, 5.41) is 0.796. The number of amides is 2. The summed E-state index contributed by atoms with van der Waals surface area (Å²) in [7, 11) is 0. The largest absolute Gasteiger partial charge is 0.493 e. The Kier molecular flexibility index (Phi) is 5.16. The van der Waals surface area contributed by atoms with Crippen LogP contribution in [0.2, 0.25) is 0 Å². The number of aromatic nitrogens is 2. The van der Waals surface area contributed by atoms with Crippen molar-refractivity contribution in [2.75, 3.05) is 16.8 Å². The van der Waals surface area contributed by atoms with E-state index in [9.17, 15) is 9.59 Å². The fraction of sp³-hybridized carbons (Fsp3) is 0.143. The third kappa shape index (κ3) is 3.18. The van der Waals surface area contributed by atoms with Crippen LogP contribution in [0.4, 0.5) is 5.69 Å². The monoisotopic (exact) mass is 437 g/mol. The van der Waals surface area contributed by atoms with Crippen molar-refractivity contribution in [3.05, 3.63) is 72.1 Å². The lowest BCUT2D eigenvalue weighted by Crippen LogP contribution is -2.30. The van der Waals surface area contributed by atoms with Crippen LogP contribution in [-0.2, 0) is 0 Å². The van der Waals surface area contributed by atoms with E-state index in [1.54, 1.807) is 54.9 Å². The average molecular weight is 438 g/mol. The van der Waals surface area contributed by atoms with Crippen LogP contribution in [0.25, 0.3) is 11.4 Å². The van der Waals surface area contributed by atoms with Gasteiger partial charge < -0.3 is 4.74 Å². The van der Waals surface area contributed by atoms with E-state index in [-0.39, 0.29) is 5.56 Å². The molecule has 1 aliphatic rings. The zero-order chi connectivity index (χ0) is 19.5. The molecule has 3 aromatic rings. The van der Waals surface area contributed by atoms with Gasteiger partial charge in [-0.05, 0) is 42.8 Å². The molecule has 0 unspecified atom stereocenters. The van der Waals surface area contributed by atoms with Crippen LogP contribution in [0.3, 0.4) is 0 Å². The van der Waals surface area contributed by atoms with E-state index in [2.05, 4.69) is 25.9 Å². The minimum absolute atomic E-state index is 0.290. The number of pyridine rings is 2. The van der Waals surface area contributed by atoms with Gasteiger partial charge in [-0.15, -0.1) is 0 Å². The molecule has 0 N–H and O–H groups in total. The van der Waals surface area contributed by atoms with Crippen molar-refractivity contribution in [1.29, 1.82) is 0 Å². The molecule has 3 heterocycles. The van der Waals surface area contributed by atoms with Gasteiger partial charge in [-0.25, -0.2) is 4.90 Å². The third-order valence-corrected chi connectivity index (χ3v) is 4.91. The van der Waals surface area contributed by atoms with E-state index in [0.717, 1.165) is 16.7 Å². The number of carbonyl (C=O) groups excluding carboxylic acids is 2. The Bertz CT molecular complexity index is 1040. The second-order valence-electron chi connectivity index (χ2n) is 6.10. The fourth-order valence-corrected chi connectivity index (χ4v) is 3.34. The number of imide groups is 1. The molecule has 1 aromatic carbocycles. The molecule has 0 spiro atoms. The van der Waals surface area contributed by atoms with Crippen LogP contribution in [0.15, 0.2) is 60.9 Å². The highest BCUT2D eigenvalue weighted by Gasteiger charge is 2.40. The Labute approximate surface area is 170 Å². The first-order chi connectivity index (χ1) is 13.7. The fourth-order valence-electron chi connectivity index (χ4n) is 3.11. The second kappa shape index (κ2) is 7.90. The molecule has 7 heteroatoms. The molecule has 0 bridgehead atoms. The number of alkyl halides is 1. The van der Waals surface area contributed by atoms with Gasteiger partial charge in [0.2, 0.25) is 0 Å². The van der Waals surface area contributed by atoms with Crippen LogP contribution in [0, 0.1) is 0 Å². The van der Waals surface area contributed by atoms with Gasteiger partial charge in [0.15, 0.2) is 0 Å². The van der Waals surface area contributed by atoms with Gasteiger partial charge in [-0.3, -0.25) is 19.6 Å². The number of ether oxygens (including phenoxy) is 1. The van der Waals surface area contributed by atoms with E-state index in [1.165, 1.54) is 0 Å². The van der Waals surface area contributed by atoms with Crippen LogP contribution >= 0.6 is 15.9 Å². The molecule has 2 amide bonds. The summed E-state index contributed by atoms with van der Waals surface area (Å²) in [6, 6.07) is 13.9. The molecule has 28 heavy (non-hydrogen) atoms. The van der Waals surface area contributed by atoms with E-state index in [0.29, 0.717) is 35.0 Å². The van der Waals surface area contributed by atoms with Gasteiger partial charge >= 0.3 is 0 Å². The Morgan fingerprint density at radius 2 is 1.79 bits per heavy atom. The van der Waals surface area contributed by atoms with Crippen molar-refractivity contribution in [2.45, 2.75) is 6.42 Å². The maximum atomic E-state index is 13.2. The number of anilines is 1. The van der Waals surface area contributed by atoms with E-state index < -0.39 is 11.8 Å². The van der Waals surface area contributed by atoms with Crippen molar-refractivity contribution >= 4 is 33.4 Å².